The third kappa shape index (κ3) is 4.11. The van der Waals surface area contributed by atoms with Crippen molar-refractivity contribution in [2.24, 2.45) is 0 Å². The Hall–Kier alpha value is -4.25. The molecule has 0 spiro atoms. The molecule has 0 bridgehead atoms. The van der Waals surface area contributed by atoms with Crippen molar-refractivity contribution in [3.63, 3.8) is 0 Å². The molecule has 0 saturated carbocycles. The van der Waals surface area contributed by atoms with E-state index in [2.05, 4.69) is 15.5 Å². The van der Waals surface area contributed by atoms with Crippen molar-refractivity contribution < 1.29 is 9.72 Å². The van der Waals surface area contributed by atoms with Gasteiger partial charge in [-0.15, -0.1) is 0 Å². The van der Waals surface area contributed by atoms with E-state index in [4.69, 9.17) is 0 Å². The van der Waals surface area contributed by atoms with E-state index in [1.165, 1.54) is 24.4 Å². The van der Waals surface area contributed by atoms with Crippen molar-refractivity contribution in [1.29, 1.82) is 5.26 Å². The number of hydrogen-bond donors (Lipinski definition) is 2. The number of H-pyrrole nitrogens is 1. The SMILES string of the molecule is Cc1cccc(NC(=O)C(C#N)=Cc2cn[nH]c2-c2cccc([N+](=O)[O-])c2)c1. The summed E-state index contributed by atoms with van der Waals surface area (Å²) in [5.41, 5.74) is 2.83. The molecule has 138 valence electrons. The molecule has 0 aliphatic rings. The number of carbonyl (C=O) groups excluding carboxylic acids is 1. The number of benzene rings is 2. The molecule has 0 aliphatic heterocycles. The number of nitro groups is 1. The van der Waals surface area contributed by atoms with Gasteiger partial charge in [-0.3, -0.25) is 20.0 Å². The van der Waals surface area contributed by atoms with Crippen LogP contribution in [0, 0.1) is 28.4 Å². The summed E-state index contributed by atoms with van der Waals surface area (Å²) >= 11 is 0. The first kappa shape index (κ1) is 18.5. The van der Waals surface area contributed by atoms with Crippen LogP contribution in [0.1, 0.15) is 11.1 Å². The Morgan fingerprint density at radius 1 is 1.29 bits per heavy atom. The summed E-state index contributed by atoms with van der Waals surface area (Å²) in [6, 6.07) is 15.1. The average Bonchev–Trinajstić information content (AvgIpc) is 3.14. The Bertz CT molecular complexity index is 1120. The average molecular weight is 373 g/mol. The Morgan fingerprint density at radius 3 is 2.79 bits per heavy atom. The fourth-order valence-corrected chi connectivity index (χ4v) is 2.64. The van der Waals surface area contributed by atoms with Crippen LogP contribution in [-0.4, -0.2) is 21.0 Å². The van der Waals surface area contributed by atoms with E-state index in [9.17, 15) is 20.2 Å². The highest BCUT2D eigenvalue weighted by Crippen LogP contribution is 2.26. The molecule has 0 radical (unpaired) electrons. The van der Waals surface area contributed by atoms with Crippen molar-refractivity contribution >= 4 is 23.4 Å². The number of aryl methyl sites for hydroxylation is 1. The second kappa shape index (κ2) is 7.97. The normalized spacial score (nSPS) is 10.9. The summed E-state index contributed by atoms with van der Waals surface area (Å²) in [6.45, 7) is 1.90. The summed E-state index contributed by atoms with van der Waals surface area (Å²) < 4.78 is 0. The number of anilines is 1. The van der Waals surface area contributed by atoms with Crippen molar-refractivity contribution in [3.8, 4) is 17.3 Å². The van der Waals surface area contributed by atoms with Crippen LogP contribution in [0.25, 0.3) is 17.3 Å². The summed E-state index contributed by atoms with van der Waals surface area (Å²) in [7, 11) is 0. The molecular weight excluding hydrogens is 358 g/mol. The number of hydrogen-bond acceptors (Lipinski definition) is 5. The van der Waals surface area contributed by atoms with Gasteiger partial charge in [0.15, 0.2) is 0 Å². The van der Waals surface area contributed by atoms with Crippen LogP contribution in [0.15, 0.2) is 60.3 Å². The minimum atomic E-state index is -0.556. The van der Waals surface area contributed by atoms with E-state index in [1.54, 1.807) is 30.3 Å². The summed E-state index contributed by atoms with van der Waals surface area (Å²) in [5.74, 6) is -0.556. The summed E-state index contributed by atoms with van der Waals surface area (Å²) in [4.78, 5) is 22.9. The molecule has 3 aromatic rings. The van der Waals surface area contributed by atoms with Crippen molar-refractivity contribution in [3.05, 3.63) is 81.5 Å². The lowest BCUT2D eigenvalue weighted by Gasteiger charge is -2.05. The number of nitro benzene ring substituents is 1. The zero-order valence-corrected chi connectivity index (χ0v) is 14.8. The van der Waals surface area contributed by atoms with Crippen LogP contribution in [0.5, 0.6) is 0 Å². The number of carbonyl (C=O) groups is 1. The van der Waals surface area contributed by atoms with Crippen molar-refractivity contribution in [2.45, 2.75) is 6.92 Å². The van der Waals surface area contributed by atoms with Gasteiger partial charge in [-0.2, -0.15) is 10.4 Å². The first-order valence-electron chi connectivity index (χ1n) is 8.26. The maximum absolute atomic E-state index is 12.5. The fourth-order valence-electron chi connectivity index (χ4n) is 2.64. The van der Waals surface area contributed by atoms with E-state index in [0.29, 0.717) is 22.5 Å². The highest BCUT2D eigenvalue weighted by Gasteiger charge is 2.14. The van der Waals surface area contributed by atoms with E-state index >= 15 is 0 Å². The number of rotatable bonds is 5. The molecule has 0 unspecified atom stereocenters. The number of nitriles is 1. The van der Waals surface area contributed by atoms with E-state index in [0.717, 1.165) is 5.56 Å². The van der Waals surface area contributed by atoms with Gasteiger partial charge in [0.25, 0.3) is 11.6 Å². The second-order valence-corrected chi connectivity index (χ2v) is 6.00. The first-order valence-corrected chi connectivity index (χ1v) is 8.26. The van der Waals surface area contributed by atoms with Gasteiger partial charge in [0.1, 0.15) is 11.6 Å². The minimum absolute atomic E-state index is 0.0697. The topological polar surface area (TPSA) is 125 Å². The molecule has 2 aromatic carbocycles. The van der Waals surface area contributed by atoms with Gasteiger partial charge >= 0.3 is 0 Å². The number of nitrogens with zero attached hydrogens (tertiary/aromatic N) is 3. The van der Waals surface area contributed by atoms with Gasteiger partial charge in [0.05, 0.1) is 16.8 Å². The largest absolute Gasteiger partial charge is 0.321 e. The van der Waals surface area contributed by atoms with Gasteiger partial charge in [0.2, 0.25) is 0 Å². The lowest BCUT2D eigenvalue weighted by molar-refractivity contribution is -0.384. The molecule has 2 N–H and O–H groups in total. The molecule has 0 fully saturated rings. The van der Waals surface area contributed by atoms with E-state index in [-0.39, 0.29) is 11.3 Å². The van der Waals surface area contributed by atoms with Crippen molar-refractivity contribution in [1.82, 2.24) is 10.2 Å². The quantitative estimate of drug-likeness (QED) is 0.304. The molecule has 1 heterocycles. The third-order valence-corrected chi connectivity index (χ3v) is 3.96. The predicted molar refractivity (Wildman–Crippen MR) is 104 cm³/mol. The predicted octanol–water partition coefficient (Wildman–Crippen LogP) is 3.84. The molecule has 8 heteroatoms. The smallest absolute Gasteiger partial charge is 0.270 e. The number of aromatic nitrogens is 2. The fraction of sp³-hybridized carbons (Fsp3) is 0.0500. The maximum Gasteiger partial charge on any atom is 0.270 e. The molecule has 28 heavy (non-hydrogen) atoms. The van der Waals surface area contributed by atoms with Crippen molar-refractivity contribution in [2.75, 3.05) is 5.32 Å². The molecular formula is C20H15N5O3. The lowest BCUT2D eigenvalue weighted by atomic mass is 10.1. The minimum Gasteiger partial charge on any atom is -0.321 e. The van der Waals surface area contributed by atoms with Gasteiger partial charge in [-0.1, -0.05) is 24.3 Å². The zero-order chi connectivity index (χ0) is 20.1. The number of non-ortho nitro benzene ring substituents is 1. The molecule has 3 rings (SSSR count). The maximum atomic E-state index is 12.5. The highest BCUT2D eigenvalue weighted by molar-refractivity contribution is 6.10. The monoisotopic (exact) mass is 373 g/mol. The molecule has 0 saturated heterocycles. The summed E-state index contributed by atoms with van der Waals surface area (Å²) in [6.07, 6.45) is 2.84. The highest BCUT2D eigenvalue weighted by atomic mass is 16.6. The summed E-state index contributed by atoms with van der Waals surface area (Å²) in [5, 5.41) is 29.8. The second-order valence-electron chi connectivity index (χ2n) is 6.00. The zero-order valence-electron chi connectivity index (χ0n) is 14.8. The van der Waals surface area contributed by atoms with Crippen LogP contribution in [0.2, 0.25) is 0 Å². The van der Waals surface area contributed by atoms with E-state index < -0.39 is 10.8 Å². The van der Waals surface area contributed by atoms with Gasteiger partial charge in [-0.25, -0.2) is 0 Å². The Labute approximate surface area is 160 Å². The van der Waals surface area contributed by atoms with Crippen LogP contribution < -0.4 is 5.32 Å². The van der Waals surface area contributed by atoms with Gasteiger partial charge in [0, 0.05) is 28.9 Å². The lowest BCUT2D eigenvalue weighted by Crippen LogP contribution is -2.13. The van der Waals surface area contributed by atoms with E-state index in [1.807, 2.05) is 19.1 Å². The number of aromatic amines is 1. The third-order valence-electron chi connectivity index (χ3n) is 3.96. The molecule has 8 nitrogen and oxygen atoms in total. The van der Waals surface area contributed by atoms with Crippen LogP contribution in [-0.2, 0) is 4.79 Å². The van der Waals surface area contributed by atoms with Crippen LogP contribution in [0.4, 0.5) is 11.4 Å². The molecule has 1 amide bonds. The number of nitrogens with one attached hydrogen (secondary N) is 2. The Kier molecular flexibility index (Phi) is 5.28. The molecule has 0 aliphatic carbocycles. The van der Waals surface area contributed by atoms with Crippen LogP contribution in [0.3, 0.4) is 0 Å². The molecule has 0 atom stereocenters. The Morgan fingerprint density at radius 2 is 2.07 bits per heavy atom. The Balaban J connectivity index is 1.91. The number of amides is 1. The van der Waals surface area contributed by atoms with Crippen LogP contribution >= 0.6 is 0 Å². The molecule has 1 aromatic heterocycles. The van der Waals surface area contributed by atoms with Gasteiger partial charge in [-0.05, 0) is 30.7 Å². The first-order chi connectivity index (χ1) is 13.5. The van der Waals surface area contributed by atoms with Gasteiger partial charge < -0.3 is 5.32 Å². The standard InChI is InChI=1S/C20H15N5O3/c1-13-4-2-6-17(8-13)23-20(26)15(11-21)9-16-12-22-24-19(16)14-5-3-7-18(10-14)25(27)28/h2-10,12H,1H3,(H,22,24)(H,23,26).